The summed E-state index contributed by atoms with van der Waals surface area (Å²) in [6.07, 6.45) is 0.563. The number of aliphatic hydroxyl groups is 1. The van der Waals surface area contributed by atoms with Crippen molar-refractivity contribution in [1.29, 1.82) is 5.53 Å². The van der Waals surface area contributed by atoms with Crippen LogP contribution in [0.1, 0.15) is 51.2 Å². The number of carbonyl (C=O) groups excluding carboxylic acids is 3. The average molecular weight is 764 g/mol. The number of esters is 1. The van der Waals surface area contributed by atoms with Crippen molar-refractivity contribution in [2.75, 3.05) is 24.4 Å². The third-order valence-electron chi connectivity index (χ3n) is 9.86. The van der Waals surface area contributed by atoms with Crippen LogP contribution in [0.4, 0.5) is 20.6 Å². The topological polar surface area (TPSA) is 172 Å². The highest BCUT2D eigenvalue weighted by molar-refractivity contribution is 6.34. The van der Waals surface area contributed by atoms with Crippen molar-refractivity contribution in [1.82, 2.24) is 0 Å². The van der Waals surface area contributed by atoms with E-state index in [0.717, 1.165) is 28.8 Å². The zero-order valence-electron chi connectivity index (χ0n) is 29.5. The number of rotatable bonds is 5. The van der Waals surface area contributed by atoms with E-state index < -0.39 is 71.1 Å². The van der Waals surface area contributed by atoms with Gasteiger partial charge >= 0.3 is 12.1 Å². The van der Waals surface area contributed by atoms with Crippen LogP contribution in [-0.4, -0.2) is 72.9 Å². The number of fused-ring (bicyclic) bond motifs is 5. The number of aryl methyl sites for hydroxylation is 1. The Hall–Kier alpha value is -4.08. The molecule has 2 fully saturated rings. The maximum Gasteiger partial charge on any atom is 0.412 e. The fourth-order valence-corrected chi connectivity index (χ4v) is 7.34. The Morgan fingerprint density at radius 1 is 1.21 bits per heavy atom. The van der Waals surface area contributed by atoms with Gasteiger partial charge in [0, 0.05) is 43.9 Å². The smallest absolute Gasteiger partial charge is 0.412 e. The van der Waals surface area contributed by atoms with Gasteiger partial charge in [-0.15, -0.1) is 0 Å². The summed E-state index contributed by atoms with van der Waals surface area (Å²) in [4.78, 5) is 46.2. The number of amides is 2. The van der Waals surface area contributed by atoms with Crippen LogP contribution in [0.3, 0.4) is 0 Å². The third kappa shape index (κ3) is 8.26. The Labute approximate surface area is 310 Å². The van der Waals surface area contributed by atoms with Gasteiger partial charge in [-0.05, 0) is 44.4 Å². The van der Waals surface area contributed by atoms with Crippen LogP contribution in [0.5, 0.6) is 5.75 Å². The van der Waals surface area contributed by atoms with Gasteiger partial charge < -0.3 is 33.8 Å². The van der Waals surface area contributed by atoms with Crippen LogP contribution in [0, 0.1) is 24.2 Å². The first kappa shape index (κ1) is 39.1. The number of epoxide rings is 1. The lowest BCUT2D eigenvalue weighted by Crippen LogP contribution is -2.53. The van der Waals surface area contributed by atoms with Gasteiger partial charge in [-0.25, -0.2) is 9.18 Å². The summed E-state index contributed by atoms with van der Waals surface area (Å²) in [6, 6.07) is 5.64. The SMILES string of the molecule is CO[C@@H]1/C=C/C=C(\C)Cc2cc(C)c(Cl)c(c2)N(C)C(=O)C[C@H](OC(=O)Nc2cc(F)c(ON=N)cc2Cl)[C@]2(C)O[C@H]2[C@H](C)[C@@H]2C[C@@]1(O)CC(=O)O2. The van der Waals surface area contributed by atoms with E-state index >= 15 is 0 Å². The van der Waals surface area contributed by atoms with Crippen LogP contribution in [0.2, 0.25) is 10.0 Å². The molecule has 0 aromatic heterocycles. The van der Waals surface area contributed by atoms with Crippen LogP contribution >= 0.6 is 23.2 Å². The van der Waals surface area contributed by atoms with Crippen LogP contribution in [-0.2, 0) is 35.0 Å². The molecule has 2 amide bonds. The molecule has 3 aliphatic rings. The molecule has 3 heterocycles. The second-order valence-electron chi connectivity index (χ2n) is 13.7. The number of hydrogen-bond acceptors (Lipinski definition) is 11. The number of methoxy groups -OCH3 is 1. The molecule has 280 valence electrons. The number of allylic oxidation sites excluding steroid dienone is 3. The number of ether oxygens (including phenoxy) is 4. The number of hydrogen-bond donors (Lipinski definition) is 3. The van der Waals surface area contributed by atoms with Crippen LogP contribution in [0.25, 0.3) is 0 Å². The summed E-state index contributed by atoms with van der Waals surface area (Å²) >= 11 is 12.9. The fraction of sp³-hybridized carbons (Fsp3) is 0.472. The quantitative estimate of drug-likeness (QED) is 0.125. The zero-order chi connectivity index (χ0) is 38.1. The highest BCUT2D eigenvalue weighted by Gasteiger charge is 2.64. The largest absolute Gasteiger partial charge is 0.462 e. The fourth-order valence-electron chi connectivity index (χ4n) is 6.91. The Bertz CT molecular complexity index is 1830. The summed E-state index contributed by atoms with van der Waals surface area (Å²) in [7, 11) is 3.02. The lowest BCUT2D eigenvalue weighted by atomic mass is 9.78. The highest BCUT2D eigenvalue weighted by atomic mass is 35.5. The molecule has 2 aromatic carbocycles. The molecule has 2 saturated heterocycles. The number of halogens is 3. The summed E-state index contributed by atoms with van der Waals surface area (Å²) in [6.45, 7) is 7.21. The highest BCUT2D eigenvalue weighted by Crippen LogP contribution is 2.49. The Kier molecular flexibility index (Phi) is 11.7. The van der Waals surface area contributed by atoms with Crippen LogP contribution < -0.4 is 15.1 Å². The number of carbonyl (C=O) groups is 3. The van der Waals surface area contributed by atoms with E-state index in [-0.39, 0.29) is 30.0 Å². The summed E-state index contributed by atoms with van der Waals surface area (Å²) < 4.78 is 38.0. The summed E-state index contributed by atoms with van der Waals surface area (Å²) in [5, 5.41) is 17.1. The Morgan fingerprint density at radius 3 is 2.63 bits per heavy atom. The second-order valence-corrected chi connectivity index (χ2v) is 14.5. The monoisotopic (exact) mass is 762 g/mol. The minimum atomic E-state index is -1.60. The standard InChI is InChI=1S/C36H41Cl2FN4O9/c1-18-8-7-9-28(48-6)36(47)16-27(49-31(45)17-36)20(3)33-35(4,51-33)29(15-30(44)43(5)25-12-21(10-18)11-19(2)32(25)38)50-34(46)41-24-14-23(39)26(52-42-40)13-22(24)37/h7-9,11-14,20,27-29,33,40,47H,10,15-17H2,1-6H3,(H,41,46)/b9-7+,18-8+,42-40?/t20-,27+,28-,29+,33+,35+,36-/m1/s1. The van der Waals surface area contributed by atoms with E-state index in [1.807, 2.05) is 32.1 Å². The second kappa shape index (κ2) is 15.5. The predicted molar refractivity (Wildman–Crippen MR) is 189 cm³/mol. The minimum absolute atomic E-state index is 0.0238. The predicted octanol–water partition coefficient (Wildman–Crippen LogP) is 7.04. The molecule has 52 heavy (non-hydrogen) atoms. The van der Waals surface area contributed by atoms with Crippen molar-refractivity contribution in [2.45, 2.75) is 89.0 Å². The first-order valence-corrected chi connectivity index (χ1v) is 17.3. The van der Waals surface area contributed by atoms with Crippen molar-refractivity contribution in [3.8, 4) is 5.75 Å². The van der Waals surface area contributed by atoms with E-state index in [2.05, 4.69) is 15.4 Å². The Balaban J connectivity index is 1.52. The van der Waals surface area contributed by atoms with Gasteiger partial charge in [-0.3, -0.25) is 14.9 Å². The molecule has 0 unspecified atom stereocenters. The molecule has 13 nitrogen and oxygen atoms in total. The van der Waals surface area contributed by atoms with Gasteiger partial charge in [0.15, 0.2) is 11.6 Å². The zero-order valence-corrected chi connectivity index (χ0v) is 31.0. The lowest BCUT2D eigenvalue weighted by molar-refractivity contribution is -0.187. The summed E-state index contributed by atoms with van der Waals surface area (Å²) in [5.41, 5.74) is 6.79. The van der Waals surface area contributed by atoms with Gasteiger partial charge in [-0.1, -0.05) is 60.0 Å². The van der Waals surface area contributed by atoms with E-state index in [1.54, 1.807) is 33.0 Å². The molecule has 4 bridgehead atoms. The number of nitrogens with zero attached hydrogens (tertiary/aromatic N) is 2. The van der Waals surface area contributed by atoms with Crippen molar-refractivity contribution < 1.29 is 47.7 Å². The first-order chi connectivity index (χ1) is 24.5. The molecule has 0 spiro atoms. The maximum absolute atomic E-state index is 14.5. The minimum Gasteiger partial charge on any atom is -0.462 e. The normalized spacial score (nSPS) is 31.0. The van der Waals surface area contributed by atoms with E-state index in [9.17, 15) is 23.9 Å². The van der Waals surface area contributed by atoms with E-state index in [1.165, 1.54) is 12.0 Å². The molecule has 2 aromatic rings. The third-order valence-corrected chi connectivity index (χ3v) is 10.7. The lowest BCUT2D eigenvalue weighted by Gasteiger charge is -2.41. The number of nitrogens with one attached hydrogen (secondary N) is 2. The molecule has 5 rings (SSSR count). The Morgan fingerprint density at radius 2 is 1.94 bits per heavy atom. The summed E-state index contributed by atoms with van der Waals surface area (Å²) in [5.74, 6) is -3.01. The van der Waals surface area contributed by atoms with Crippen molar-refractivity contribution in [3.63, 3.8) is 0 Å². The van der Waals surface area contributed by atoms with Gasteiger partial charge in [0.2, 0.25) is 5.91 Å². The average Bonchev–Trinajstić information content (AvgIpc) is 3.77. The van der Waals surface area contributed by atoms with Gasteiger partial charge in [0.25, 0.3) is 0 Å². The molecular formula is C36H41Cl2FN4O9. The molecule has 7 atom stereocenters. The molecule has 3 aliphatic heterocycles. The maximum atomic E-state index is 14.5. The van der Waals surface area contributed by atoms with Crippen molar-refractivity contribution >= 4 is 52.5 Å². The van der Waals surface area contributed by atoms with Crippen LogP contribution in [0.15, 0.2) is 53.3 Å². The molecular weight excluding hydrogens is 722 g/mol. The van der Waals surface area contributed by atoms with Gasteiger partial charge in [0.1, 0.15) is 29.5 Å². The molecule has 0 aliphatic carbocycles. The van der Waals surface area contributed by atoms with Gasteiger partial charge in [0.05, 0.1) is 40.4 Å². The van der Waals surface area contributed by atoms with Crippen molar-refractivity contribution in [2.24, 2.45) is 11.2 Å². The molecule has 16 heteroatoms. The molecule has 0 saturated carbocycles. The first-order valence-electron chi connectivity index (χ1n) is 16.5. The van der Waals surface area contributed by atoms with Gasteiger partial charge in [-0.2, -0.15) is 5.53 Å². The van der Waals surface area contributed by atoms with E-state index in [4.69, 9.17) is 47.7 Å². The number of anilines is 2. The van der Waals surface area contributed by atoms with E-state index in [0.29, 0.717) is 17.1 Å². The number of benzene rings is 2. The molecule has 3 N–H and O–H groups in total. The molecule has 0 radical (unpaired) electrons. The van der Waals surface area contributed by atoms with Crippen molar-refractivity contribution in [3.05, 3.63) is 75.1 Å².